The number of thiazole rings is 1. The quantitative estimate of drug-likeness (QED) is 0.844. The van der Waals surface area contributed by atoms with Gasteiger partial charge in [-0.2, -0.15) is 4.31 Å². The van der Waals surface area contributed by atoms with E-state index in [1.807, 2.05) is 0 Å². The number of halogens is 1. The van der Waals surface area contributed by atoms with Crippen LogP contribution in [0, 0.1) is 12.8 Å². The molecule has 0 spiro atoms. The van der Waals surface area contributed by atoms with Crippen molar-refractivity contribution in [3.8, 4) is 0 Å². The maximum absolute atomic E-state index is 12.5. The summed E-state index contributed by atoms with van der Waals surface area (Å²) in [6, 6.07) is 0. The van der Waals surface area contributed by atoms with Crippen molar-refractivity contribution in [3.05, 3.63) is 10.2 Å². The summed E-state index contributed by atoms with van der Waals surface area (Å²) in [7, 11) is 0.266. The average Bonchev–Trinajstić information content (AvgIpc) is 2.72. The van der Waals surface area contributed by atoms with Crippen LogP contribution in [-0.4, -0.2) is 56.3 Å². The molecule has 2 heterocycles. The van der Waals surface area contributed by atoms with Gasteiger partial charge in [0.2, 0.25) is 0 Å². The Morgan fingerprint density at radius 3 is 2.55 bits per heavy atom. The first kappa shape index (κ1) is 16.2. The van der Waals surface area contributed by atoms with Gasteiger partial charge in [-0.3, -0.25) is 0 Å². The number of aromatic nitrogens is 1. The summed E-state index contributed by atoms with van der Waals surface area (Å²) in [4.78, 5) is 6.26. The lowest BCUT2D eigenvalue weighted by Crippen LogP contribution is -2.37. The normalized spacial score (nSPS) is 18.9. The fraction of sp³-hybridized carbons (Fsp3) is 0.750. The topological polar surface area (TPSA) is 53.5 Å². The lowest BCUT2D eigenvalue weighted by atomic mass is 9.97. The molecule has 0 bridgehead atoms. The molecule has 20 heavy (non-hydrogen) atoms. The molecule has 0 saturated carbocycles. The molecule has 0 aromatic carbocycles. The second-order valence-electron chi connectivity index (χ2n) is 5.37. The van der Waals surface area contributed by atoms with Crippen LogP contribution in [0.1, 0.15) is 18.5 Å². The van der Waals surface area contributed by atoms with Crippen LogP contribution in [0.2, 0.25) is 4.47 Å². The van der Waals surface area contributed by atoms with Crippen molar-refractivity contribution >= 4 is 33.0 Å². The van der Waals surface area contributed by atoms with Gasteiger partial charge in [0.1, 0.15) is 0 Å². The van der Waals surface area contributed by atoms with Crippen LogP contribution in [0.25, 0.3) is 0 Å². The van der Waals surface area contributed by atoms with Crippen molar-refractivity contribution < 1.29 is 8.42 Å². The molecule has 0 aliphatic carbocycles. The van der Waals surface area contributed by atoms with Crippen LogP contribution in [0.4, 0.5) is 0 Å². The highest BCUT2D eigenvalue weighted by molar-refractivity contribution is 7.91. The lowest BCUT2D eigenvalue weighted by molar-refractivity contribution is 0.202. The zero-order valence-corrected chi connectivity index (χ0v) is 14.4. The number of aryl methyl sites for hydroxylation is 1. The Hall–Kier alpha value is -0.210. The van der Waals surface area contributed by atoms with Crippen LogP contribution in [0.5, 0.6) is 0 Å². The SMILES string of the molecule is Cc1nc(Cl)sc1S(=O)(=O)N(C)CC1CCN(C)CC1. The van der Waals surface area contributed by atoms with E-state index in [0.29, 0.717) is 18.2 Å². The van der Waals surface area contributed by atoms with Crippen molar-refractivity contribution in [2.45, 2.75) is 24.0 Å². The molecule has 114 valence electrons. The highest BCUT2D eigenvalue weighted by Crippen LogP contribution is 2.29. The van der Waals surface area contributed by atoms with E-state index in [-0.39, 0.29) is 8.68 Å². The van der Waals surface area contributed by atoms with E-state index < -0.39 is 10.0 Å². The van der Waals surface area contributed by atoms with Crippen molar-refractivity contribution in [1.29, 1.82) is 0 Å². The molecule has 1 aliphatic rings. The van der Waals surface area contributed by atoms with Crippen molar-refractivity contribution in [2.75, 3.05) is 33.7 Å². The smallest absolute Gasteiger partial charge is 0.254 e. The summed E-state index contributed by atoms with van der Waals surface area (Å²) >= 11 is 6.83. The molecule has 0 amide bonds. The third-order valence-corrected chi connectivity index (χ3v) is 7.40. The van der Waals surface area contributed by atoms with Gasteiger partial charge in [0.25, 0.3) is 10.0 Å². The molecule has 1 aromatic rings. The zero-order chi connectivity index (χ0) is 14.9. The summed E-state index contributed by atoms with van der Waals surface area (Å²) < 4.78 is 27.0. The van der Waals surface area contributed by atoms with Gasteiger partial charge < -0.3 is 4.90 Å². The zero-order valence-electron chi connectivity index (χ0n) is 12.0. The Bertz CT molecular complexity index is 565. The first-order valence-corrected chi connectivity index (χ1v) is 9.22. The maximum atomic E-state index is 12.5. The standard InChI is InChI=1S/C12H20ClN3O2S2/c1-9-11(19-12(13)14-9)20(17,18)16(3)8-10-4-6-15(2)7-5-10/h10H,4-8H2,1-3H3. The van der Waals surface area contributed by atoms with Crippen LogP contribution in [-0.2, 0) is 10.0 Å². The molecule has 8 heteroatoms. The Labute approximate surface area is 129 Å². The first-order chi connectivity index (χ1) is 9.30. The molecule has 0 unspecified atom stereocenters. The van der Waals surface area contributed by atoms with Crippen LogP contribution >= 0.6 is 22.9 Å². The lowest BCUT2D eigenvalue weighted by Gasteiger charge is -2.31. The van der Waals surface area contributed by atoms with E-state index in [1.165, 1.54) is 4.31 Å². The number of hydrogen-bond acceptors (Lipinski definition) is 5. The Kier molecular flexibility index (Phi) is 5.07. The highest BCUT2D eigenvalue weighted by atomic mass is 35.5. The minimum Gasteiger partial charge on any atom is -0.306 e. The van der Waals surface area contributed by atoms with Crippen LogP contribution < -0.4 is 0 Å². The van der Waals surface area contributed by atoms with Gasteiger partial charge in [-0.25, -0.2) is 13.4 Å². The molecule has 1 saturated heterocycles. The average molecular weight is 338 g/mol. The number of likely N-dealkylation sites (tertiary alicyclic amines) is 1. The predicted octanol–water partition coefficient (Wildman–Crippen LogP) is 2.07. The van der Waals surface area contributed by atoms with Gasteiger partial charge in [0.05, 0.1) is 5.69 Å². The minimum absolute atomic E-state index is 0.262. The fourth-order valence-electron chi connectivity index (χ4n) is 2.44. The molecule has 0 N–H and O–H groups in total. The molecule has 1 aromatic heterocycles. The van der Waals surface area contributed by atoms with Gasteiger partial charge in [0, 0.05) is 13.6 Å². The Morgan fingerprint density at radius 2 is 2.05 bits per heavy atom. The number of rotatable bonds is 4. The van der Waals surface area contributed by atoms with E-state index >= 15 is 0 Å². The largest absolute Gasteiger partial charge is 0.306 e. The third kappa shape index (κ3) is 3.51. The summed E-state index contributed by atoms with van der Waals surface area (Å²) in [6.07, 6.45) is 2.08. The van der Waals surface area contributed by atoms with Gasteiger partial charge >= 0.3 is 0 Å². The Morgan fingerprint density at radius 1 is 1.45 bits per heavy atom. The number of nitrogens with zero attached hydrogens (tertiary/aromatic N) is 3. The summed E-state index contributed by atoms with van der Waals surface area (Å²) in [5.74, 6) is 0.426. The molecule has 0 atom stereocenters. The molecule has 5 nitrogen and oxygen atoms in total. The van der Waals surface area contributed by atoms with Gasteiger partial charge in [-0.05, 0) is 45.8 Å². The molecule has 1 fully saturated rings. The molecule has 2 rings (SSSR count). The van der Waals surface area contributed by atoms with Gasteiger partial charge in [-0.15, -0.1) is 0 Å². The summed E-state index contributed by atoms with van der Waals surface area (Å²) in [5.41, 5.74) is 0.482. The summed E-state index contributed by atoms with van der Waals surface area (Å²) in [5, 5.41) is 0. The first-order valence-electron chi connectivity index (χ1n) is 6.58. The van der Waals surface area contributed by atoms with Gasteiger partial charge in [0.15, 0.2) is 8.68 Å². The second kappa shape index (κ2) is 6.27. The second-order valence-corrected chi connectivity index (χ2v) is 9.19. The summed E-state index contributed by atoms with van der Waals surface area (Å²) in [6.45, 7) is 4.30. The van der Waals surface area contributed by atoms with E-state index in [0.717, 1.165) is 37.3 Å². The number of piperidine rings is 1. The van der Waals surface area contributed by atoms with Crippen LogP contribution in [0.3, 0.4) is 0 Å². The fourth-order valence-corrected chi connectivity index (χ4v) is 5.61. The van der Waals surface area contributed by atoms with Crippen molar-refractivity contribution in [1.82, 2.24) is 14.2 Å². The monoisotopic (exact) mass is 337 g/mol. The predicted molar refractivity (Wildman–Crippen MR) is 81.9 cm³/mol. The van der Waals surface area contributed by atoms with Gasteiger partial charge in [-0.1, -0.05) is 22.9 Å². The molecule has 0 radical (unpaired) electrons. The van der Waals surface area contributed by atoms with E-state index in [9.17, 15) is 8.42 Å². The van der Waals surface area contributed by atoms with E-state index in [1.54, 1.807) is 14.0 Å². The number of hydrogen-bond donors (Lipinski definition) is 0. The molecular formula is C12H20ClN3O2S2. The van der Waals surface area contributed by atoms with E-state index in [2.05, 4.69) is 16.9 Å². The van der Waals surface area contributed by atoms with E-state index in [4.69, 9.17) is 11.6 Å². The maximum Gasteiger partial charge on any atom is 0.254 e. The minimum atomic E-state index is -3.47. The Balaban J connectivity index is 2.08. The third-order valence-electron chi connectivity index (χ3n) is 3.73. The molecule has 1 aliphatic heterocycles. The number of sulfonamides is 1. The van der Waals surface area contributed by atoms with Crippen molar-refractivity contribution in [3.63, 3.8) is 0 Å². The van der Waals surface area contributed by atoms with Crippen LogP contribution in [0.15, 0.2) is 4.21 Å². The molecular weight excluding hydrogens is 318 g/mol. The highest BCUT2D eigenvalue weighted by Gasteiger charge is 2.29. The van der Waals surface area contributed by atoms with Crippen molar-refractivity contribution in [2.24, 2.45) is 5.92 Å².